The van der Waals surface area contributed by atoms with E-state index in [4.69, 9.17) is 9.84 Å². The van der Waals surface area contributed by atoms with Crippen LogP contribution in [0.25, 0.3) is 0 Å². The van der Waals surface area contributed by atoms with Crippen LogP contribution in [0, 0.1) is 0 Å². The molecule has 17 heavy (non-hydrogen) atoms. The Balaban J connectivity index is 2.08. The Hall–Kier alpha value is -1.88. The van der Waals surface area contributed by atoms with E-state index in [-0.39, 0.29) is 6.61 Å². The van der Waals surface area contributed by atoms with Crippen LogP contribution in [0.3, 0.4) is 0 Å². The largest absolute Gasteiger partial charge is 0.497 e. The maximum Gasteiger partial charge on any atom is 0.119 e. The van der Waals surface area contributed by atoms with Crippen LogP contribution in [-0.2, 0) is 13.0 Å². The first kappa shape index (κ1) is 11.6. The number of hydrogen-bond donors (Lipinski definition) is 1. The molecule has 0 aliphatic rings. The van der Waals surface area contributed by atoms with Gasteiger partial charge in [0, 0.05) is 19.2 Å². The van der Waals surface area contributed by atoms with E-state index in [0.717, 1.165) is 17.0 Å². The number of aliphatic hydroxyl groups excluding tert-OH is 1. The van der Waals surface area contributed by atoms with Crippen molar-refractivity contribution in [3.63, 3.8) is 0 Å². The van der Waals surface area contributed by atoms with Crippen molar-refractivity contribution >= 4 is 0 Å². The molecule has 0 saturated heterocycles. The molecule has 0 aliphatic carbocycles. The van der Waals surface area contributed by atoms with Crippen molar-refractivity contribution in [1.29, 1.82) is 0 Å². The molecule has 2 aromatic rings. The van der Waals surface area contributed by atoms with Crippen molar-refractivity contribution in [1.82, 2.24) is 15.0 Å². The molecule has 0 fully saturated rings. The van der Waals surface area contributed by atoms with Crippen LogP contribution in [-0.4, -0.2) is 33.8 Å². The van der Waals surface area contributed by atoms with Crippen molar-refractivity contribution in [3.05, 3.63) is 41.7 Å². The second kappa shape index (κ2) is 5.45. The quantitative estimate of drug-likeness (QED) is 0.832. The predicted molar refractivity (Wildman–Crippen MR) is 62.9 cm³/mol. The first-order valence-corrected chi connectivity index (χ1v) is 5.44. The van der Waals surface area contributed by atoms with Gasteiger partial charge in [-0.3, -0.25) is 0 Å². The molecular formula is C12H15N3O2. The number of nitrogens with zero attached hydrogens (tertiary/aromatic N) is 3. The van der Waals surface area contributed by atoms with Gasteiger partial charge in [0.25, 0.3) is 0 Å². The molecule has 90 valence electrons. The molecule has 0 spiro atoms. The van der Waals surface area contributed by atoms with E-state index in [1.165, 1.54) is 0 Å². The van der Waals surface area contributed by atoms with Gasteiger partial charge in [-0.2, -0.15) is 0 Å². The molecule has 0 radical (unpaired) electrons. The van der Waals surface area contributed by atoms with Crippen LogP contribution in [0.2, 0.25) is 0 Å². The van der Waals surface area contributed by atoms with Gasteiger partial charge in [-0.25, -0.2) is 4.68 Å². The molecular weight excluding hydrogens is 218 g/mol. The van der Waals surface area contributed by atoms with E-state index in [0.29, 0.717) is 13.0 Å². The summed E-state index contributed by atoms with van der Waals surface area (Å²) in [5.74, 6) is 0.832. The summed E-state index contributed by atoms with van der Waals surface area (Å²) in [4.78, 5) is 0. The Labute approximate surface area is 99.7 Å². The Morgan fingerprint density at radius 1 is 1.41 bits per heavy atom. The van der Waals surface area contributed by atoms with Crippen LogP contribution >= 0.6 is 0 Å². The highest BCUT2D eigenvalue weighted by Gasteiger charge is 2.02. The standard InChI is InChI=1S/C12H15N3O2/c1-17-12-4-2-3-10(7-12)8-15-9-11(5-6-16)13-14-15/h2-4,7,9,16H,5-6,8H2,1H3. The fraction of sp³-hybridized carbons (Fsp3) is 0.333. The van der Waals surface area contributed by atoms with Gasteiger partial charge >= 0.3 is 0 Å². The van der Waals surface area contributed by atoms with Gasteiger partial charge in [-0.1, -0.05) is 17.3 Å². The predicted octanol–water partition coefficient (Wildman–Crippen LogP) is 0.870. The van der Waals surface area contributed by atoms with Gasteiger partial charge in [-0.15, -0.1) is 5.10 Å². The number of hydrogen-bond acceptors (Lipinski definition) is 4. The van der Waals surface area contributed by atoms with E-state index < -0.39 is 0 Å². The maximum absolute atomic E-state index is 8.79. The van der Waals surface area contributed by atoms with Gasteiger partial charge in [0.1, 0.15) is 5.75 Å². The molecule has 1 heterocycles. The van der Waals surface area contributed by atoms with E-state index >= 15 is 0 Å². The van der Waals surface area contributed by atoms with Gasteiger partial charge in [0.2, 0.25) is 0 Å². The van der Waals surface area contributed by atoms with E-state index in [9.17, 15) is 0 Å². The molecule has 0 bridgehead atoms. The van der Waals surface area contributed by atoms with Gasteiger partial charge in [0.15, 0.2) is 0 Å². The summed E-state index contributed by atoms with van der Waals surface area (Å²) in [7, 11) is 1.65. The van der Waals surface area contributed by atoms with E-state index in [2.05, 4.69) is 10.3 Å². The normalized spacial score (nSPS) is 10.5. The van der Waals surface area contributed by atoms with Crippen LogP contribution in [0.1, 0.15) is 11.3 Å². The third kappa shape index (κ3) is 3.04. The highest BCUT2D eigenvalue weighted by molar-refractivity contribution is 5.28. The molecule has 1 aromatic carbocycles. The molecule has 0 saturated carbocycles. The lowest BCUT2D eigenvalue weighted by molar-refractivity contribution is 0.298. The summed E-state index contributed by atoms with van der Waals surface area (Å²) in [5, 5.41) is 16.8. The zero-order valence-electron chi connectivity index (χ0n) is 9.71. The molecule has 1 aromatic heterocycles. The average Bonchev–Trinajstić information content (AvgIpc) is 2.77. The van der Waals surface area contributed by atoms with Crippen molar-refractivity contribution in [2.75, 3.05) is 13.7 Å². The molecule has 0 aliphatic heterocycles. The smallest absolute Gasteiger partial charge is 0.119 e. The Morgan fingerprint density at radius 3 is 3.06 bits per heavy atom. The van der Waals surface area contributed by atoms with E-state index in [1.807, 2.05) is 30.5 Å². The lowest BCUT2D eigenvalue weighted by Gasteiger charge is -2.03. The summed E-state index contributed by atoms with van der Waals surface area (Å²) >= 11 is 0. The zero-order valence-corrected chi connectivity index (χ0v) is 9.71. The third-order valence-corrected chi connectivity index (χ3v) is 2.43. The van der Waals surface area contributed by atoms with Crippen LogP contribution < -0.4 is 4.74 Å². The Kier molecular flexibility index (Phi) is 3.72. The van der Waals surface area contributed by atoms with Crippen LogP contribution in [0.15, 0.2) is 30.5 Å². The minimum Gasteiger partial charge on any atom is -0.497 e. The third-order valence-electron chi connectivity index (χ3n) is 2.43. The van der Waals surface area contributed by atoms with Crippen molar-refractivity contribution in [3.8, 4) is 5.75 Å². The number of aromatic nitrogens is 3. The van der Waals surface area contributed by atoms with Crippen LogP contribution in [0.5, 0.6) is 5.75 Å². The average molecular weight is 233 g/mol. The summed E-state index contributed by atoms with van der Waals surface area (Å²) in [6, 6.07) is 7.82. The van der Waals surface area contributed by atoms with Crippen molar-refractivity contribution in [2.24, 2.45) is 0 Å². The summed E-state index contributed by atoms with van der Waals surface area (Å²) < 4.78 is 6.91. The van der Waals surface area contributed by atoms with Crippen LogP contribution in [0.4, 0.5) is 0 Å². The molecule has 0 atom stereocenters. The Morgan fingerprint density at radius 2 is 2.29 bits per heavy atom. The molecule has 2 rings (SSSR count). The topological polar surface area (TPSA) is 60.2 Å². The number of ether oxygens (including phenoxy) is 1. The first-order chi connectivity index (χ1) is 8.31. The Bertz CT molecular complexity index is 482. The lowest BCUT2D eigenvalue weighted by Crippen LogP contribution is -2.00. The summed E-state index contributed by atoms with van der Waals surface area (Å²) in [5.41, 5.74) is 1.90. The molecule has 5 heteroatoms. The molecule has 0 amide bonds. The van der Waals surface area contributed by atoms with Gasteiger partial charge < -0.3 is 9.84 Å². The number of methoxy groups -OCH3 is 1. The van der Waals surface area contributed by atoms with Crippen molar-refractivity contribution < 1.29 is 9.84 Å². The minimum atomic E-state index is 0.0951. The fourth-order valence-electron chi connectivity index (χ4n) is 1.60. The second-order valence-electron chi connectivity index (χ2n) is 3.73. The highest BCUT2D eigenvalue weighted by atomic mass is 16.5. The number of benzene rings is 1. The summed E-state index contributed by atoms with van der Waals surface area (Å²) in [6.07, 6.45) is 2.38. The summed E-state index contributed by atoms with van der Waals surface area (Å²) in [6.45, 7) is 0.744. The van der Waals surface area contributed by atoms with E-state index in [1.54, 1.807) is 11.8 Å². The maximum atomic E-state index is 8.79. The van der Waals surface area contributed by atoms with Gasteiger partial charge in [0.05, 0.1) is 19.3 Å². The first-order valence-electron chi connectivity index (χ1n) is 5.44. The van der Waals surface area contributed by atoms with Gasteiger partial charge in [-0.05, 0) is 17.7 Å². The molecule has 5 nitrogen and oxygen atoms in total. The second-order valence-corrected chi connectivity index (χ2v) is 3.73. The van der Waals surface area contributed by atoms with Crippen molar-refractivity contribution in [2.45, 2.75) is 13.0 Å². The highest BCUT2D eigenvalue weighted by Crippen LogP contribution is 2.13. The molecule has 0 unspecified atom stereocenters. The number of aliphatic hydroxyl groups is 1. The lowest BCUT2D eigenvalue weighted by atomic mass is 10.2. The minimum absolute atomic E-state index is 0.0951. The molecule has 1 N–H and O–H groups in total. The fourth-order valence-corrected chi connectivity index (χ4v) is 1.60. The zero-order chi connectivity index (χ0) is 12.1. The SMILES string of the molecule is COc1cccc(Cn2cc(CCO)nn2)c1. The monoisotopic (exact) mass is 233 g/mol. The number of rotatable bonds is 5.